The second-order valence-corrected chi connectivity index (χ2v) is 5.03. The summed E-state index contributed by atoms with van der Waals surface area (Å²) in [5, 5.41) is 11.6. The highest BCUT2D eigenvalue weighted by Crippen LogP contribution is 2.21. The molecule has 1 saturated heterocycles. The van der Waals surface area contributed by atoms with Crippen LogP contribution in [0.15, 0.2) is 12.3 Å². The summed E-state index contributed by atoms with van der Waals surface area (Å²) in [6.07, 6.45) is 3.84. The Kier molecular flexibility index (Phi) is 5.74. The van der Waals surface area contributed by atoms with Crippen LogP contribution in [0.2, 0.25) is 0 Å². The number of amides is 1. The number of aliphatic hydroxyl groups excluding tert-OH is 1. The lowest BCUT2D eigenvalue weighted by molar-refractivity contribution is -0.125. The zero-order valence-corrected chi connectivity index (χ0v) is 12.3. The Morgan fingerprint density at radius 1 is 1.52 bits per heavy atom. The molecule has 0 saturated carbocycles. The largest absolute Gasteiger partial charge is 0.481 e. The molecule has 0 aromatic carbocycles. The number of carbonyl (C=O) groups is 1. The van der Waals surface area contributed by atoms with Crippen LogP contribution in [0, 0.1) is 5.92 Å². The quantitative estimate of drug-likeness (QED) is 0.729. The van der Waals surface area contributed by atoms with Crippen molar-refractivity contribution in [3.8, 4) is 5.88 Å². The van der Waals surface area contributed by atoms with Gasteiger partial charge < -0.3 is 20.1 Å². The smallest absolute Gasteiger partial charge is 0.228 e. The Hall–Kier alpha value is -1.89. The van der Waals surface area contributed by atoms with E-state index in [0.29, 0.717) is 24.8 Å². The van der Waals surface area contributed by atoms with Crippen LogP contribution in [0.4, 0.5) is 5.95 Å². The summed E-state index contributed by atoms with van der Waals surface area (Å²) < 4.78 is 5.10. The van der Waals surface area contributed by atoms with Crippen LogP contribution in [-0.2, 0) is 4.79 Å². The number of anilines is 1. The van der Waals surface area contributed by atoms with E-state index in [1.165, 1.54) is 0 Å². The molecule has 116 valence electrons. The van der Waals surface area contributed by atoms with E-state index in [-0.39, 0.29) is 18.4 Å². The summed E-state index contributed by atoms with van der Waals surface area (Å²) >= 11 is 0. The van der Waals surface area contributed by atoms with Crippen LogP contribution in [0.1, 0.15) is 19.3 Å². The average Bonchev–Trinajstić information content (AvgIpc) is 2.55. The van der Waals surface area contributed by atoms with E-state index >= 15 is 0 Å². The molecule has 21 heavy (non-hydrogen) atoms. The summed E-state index contributed by atoms with van der Waals surface area (Å²) in [5.41, 5.74) is 0. The molecule has 0 spiro atoms. The number of hydrogen-bond donors (Lipinski definition) is 2. The van der Waals surface area contributed by atoms with E-state index in [9.17, 15) is 4.79 Å². The highest BCUT2D eigenvalue weighted by molar-refractivity contribution is 5.78. The lowest BCUT2D eigenvalue weighted by Gasteiger charge is -2.31. The van der Waals surface area contributed by atoms with Gasteiger partial charge in [-0.1, -0.05) is 0 Å². The Labute approximate surface area is 124 Å². The molecule has 1 aliphatic rings. The molecule has 1 aliphatic heterocycles. The summed E-state index contributed by atoms with van der Waals surface area (Å²) in [6.45, 7) is 2.15. The third kappa shape index (κ3) is 4.29. The number of nitrogens with one attached hydrogen (secondary N) is 1. The van der Waals surface area contributed by atoms with Crippen LogP contribution in [-0.4, -0.2) is 54.3 Å². The lowest BCUT2D eigenvalue weighted by atomic mass is 9.96. The molecule has 1 amide bonds. The number of piperidine rings is 1. The normalized spacial score (nSPS) is 15.8. The van der Waals surface area contributed by atoms with E-state index in [2.05, 4.69) is 20.2 Å². The number of aliphatic hydroxyl groups is 1. The van der Waals surface area contributed by atoms with Gasteiger partial charge in [0.05, 0.1) is 7.11 Å². The minimum absolute atomic E-state index is 0.0329. The van der Waals surface area contributed by atoms with Crippen molar-refractivity contribution in [2.24, 2.45) is 5.92 Å². The first-order valence-corrected chi connectivity index (χ1v) is 7.25. The molecule has 0 aliphatic carbocycles. The molecular formula is C14H22N4O3. The molecular weight excluding hydrogens is 272 g/mol. The fraction of sp³-hybridized carbons (Fsp3) is 0.643. The topological polar surface area (TPSA) is 87.6 Å². The molecule has 1 aromatic heterocycles. The number of nitrogens with zero attached hydrogens (tertiary/aromatic N) is 3. The van der Waals surface area contributed by atoms with Gasteiger partial charge in [0.2, 0.25) is 17.7 Å². The van der Waals surface area contributed by atoms with Gasteiger partial charge in [-0.15, -0.1) is 0 Å². The zero-order chi connectivity index (χ0) is 15.1. The Bertz CT molecular complexity index is 461. The van der Waals surface area contributed by atoms with Crippen molar-refractivity contribution in [2.75, 3.05) is 38.3 Å². The van der Waals surface area contributed by atoms with Crippen molar-refractivity contribution in [1.82, 2.24) is 15.3 Å². The molecule has 2 heterocycles. The standard InChI is InChI=1S/C14H22N4O3/c1-21-12-3-7-16-14(17-12)18-8-4-11(5-9-18)13(20)15-6-2-10-19/h3,7,11,19H,2,4-6,8-10H2,1H3,(H,15,20). The van der Waals surface area contributed by atoms with E-state index < -0.39 is 0 Å². The third-order valence-electron chi connectivity index (χ3n) is 3.61. The number of rotatable bonds is 6. The van der Waals surface area contributed by atoms with Crippen molar-refractivity contribution < 1.29 is 14.6 Å². The van der Waals surface area contributed by atoms with Gasteiger partial charge in [0.1, 0.15) is 0 Å². The van der Waals surface area contributed by atoms with Crippen LogP contribution in [0.25, 0.3) is 0 Å². The van der Waals surface area contributed by atoms with E-state index in [1.54, 1.807) is 19.4 Å². The summed E-state index contributed by atoms with van der Waals surface area (Å²) in [5.74, 6) is 1.30. The van der Waals surface area contributed by atoms with Crippen molar-refractivity contribution in [3.63, 3.8) is 0 Å². The summed E-state index contributed by atoms with van der Waals surface area (Å²) in [6, 6.07) is 1.71. The van der Waals surface area contributed by atoms with Gasteiger partial charge in [0.15, 0.2) is 0 Å². The maximum Gasteiger partial charge on any atom is 0.228 e. The van der Waals surface area contributed by atoms with Gasteiger partial charge >= 0.3 is 0 Å². The first kappa shape index (κ1) is 15.5. The van der Waals surface area contributed by atoms with E-state index in [0.717, 1.165) is 25.9 Å². The number of aromatic nitrogens is 2. The minimum atomic E-state index is 0.0329. The van der Waals surface area contributed by atoms with Gasteiger partial charge in [0, 0.05) is 44.4 Å². The first-order valence-electron chi connectivity index (χ1n) is 7.25. The molecule has 0 unspecified atom stereocenters. The molecule has 7 heteroatoms. The SMILES string of the molecule is COc1ccnc(N2CCC(C(=O)NCCCO)CC2)n1. The number of hydrogen-bond acceptors (Lipinski definition) is 6. The zero-order valence-electron chi connectivity index (χ0n) is 12.3. The van der Waals surface area contributed by atoms with Gasteiger partial charge in [-0.25, -0.2) is 4.98 Å². The van der Waals surface area contributed by atoms with Crippen LogP contribution >= 0.6 is 0 Å². The molecule has 7 nitrogen and oxygen atoms in total. The van der Waals surface area contributed by atoms with Crippen LogP contribution in [0.3, 0.4) is 0 Å². The van der Waals surface area contributed by atoms with Crippen molar-refractivity contribution in [1.29, 1.82) is 0 Å². The fourth-order valence-corrected chi connectivity index (χ4v) is 2.38. The summed E-state index contributed by atoms with van der Waals surface area (Å²) in [7, 11) is 1.58. The molecule has 1 fully saturated rings. The molecule has 2 N–H and O–H groups in total. The second kappa shape index (κ2) is 7.78. The highest BCUT2D eigenvalue weighted by atomic mass is 16.5. The third-order valence-corrected chi connectivity index (χ3v) is 3.61. The van der Waals surface area contributed by atoms with Crippen molar-refractivity contribution in [3.05, 3.63) is 12.3 Å². The molecule has 1 aromatic rings. The predicted molar refractivity (Wildman–Crippen MR) is 78.2 cm³/mol. The number of methoxy groups -OCH3 is 1. The van der Waals surface area contributed by atoms with E-state index in [1.807, 2.05) is 0 Å². The second-order valence-electron chi connectivity index (χ2n) is 5.03. The summed E-state index contributed by atoms with van der Waals surface area (Å²) in [4.78, 5) is 22.6. The molecule has 0 radical (unpaired) electrons. The van der Waals surface area contributed by atoms with Crippen LogP contribution in [0.5, 0.6) is 5.88 Å². The van der Waals surface area contributed by atoms with Gasteiger partial charge in [-0.05, 0) is 19.3 Å². The van der Waals surface area contributed by atoms with Gasteiger partial charge in [-0.2, -0.15) is 4.98 Å². The first-order chi connectivity index (χ1) is 10.2. The molecule has 0 atom stereocenters. The predicted octanol–water partition coefficient (Wildman–Crippen LogP) is 0.200. The Morgan fingerprint density at radius 2 is 2.29 bits per heavy atom. The van der Waals surface area contributed by atoms with Crippen LogP contribution < -0.4 is 15.0 Å². The lowest BCUT2D eigenvalue weighted by Crippen LogP contribution is -2.41. The highest BCUT2D eigenvalue weighted by Gasteiger charge is 2.25. The van der Waals surface area contributed by atoms with Gasteiger partial charge in [0.25, 0.3) is 0 Å². The van der Waals surface area contributed by atoms with Gasteiger partial charge in [-0.3, -0.25) is 4.79 Å². The maximum absolute atomic E-state index is 12.0. The Morgan fingerprint density at radius 3 is 2.95 bits per heavy atom. The Balaban J connectivity index is 1.83. The molecule has 0 bridgehead atoms. The fourth-order valence-electron chi connectivity index (χ4n) is 2.38. The van der Waals surface area contributed by atoms with E-state index in [4.69, 9.17) is 9.84 Å². The maximum atomic E-state index is 12.0. The monoisotopic (exact) mass is 294 g/mol. The number of carbonyl (C=O) groups excluding carboxylic acids is 1. The molecule has 2 rings (SSSR count). The minimum Gasteiger partial charge on any atom is -0.481 e. The van der Waals surface area contributed by atoms with Crippen molar-refractivity contribution in [2.45, 2.75) is 19.3 Å². The van der Waals surface area contributed by atoms with Crippen molar-refractivity contribution >= 4 is 11.9 Å². The number of ether oxygens (including phenoxy) is 1. The average molecular weight is 294 g/mol.